The minimum absolute atomic E-state index is 0.0166. The highest BCUT2D eigenvalue weighted by Crippen LogP contribution is 2.28. The third-order valence-electron chi connectivity index (χ3n) is 4.10. The normalized spacial score (nSPS) is 11.5. The van der Waals surface area contributed by atoms with Gasteiger partial charge in [0.05, 0.1) is 24.6 Å². The predicted octanol–water partition coefficient (Wildman–Crippen LogP) is 3.97. The summed E-state index contributed by atoms with van der Waals surface area (Å²) < 4.78 is 5.25. The van der Waals surface area contributed by atoms with Crippen LogP contribution in [0.25, 0.3) is 0 Å². The van der Waals surface area contributed by atoms with Crippen molar-refractivity contribution in [3.63, 3.8) is 0 Å². The van der Waals surface area contributed by atoms with Crippen molar-refractivity contribution < 1.29 is 14.3 Å². The van der Waals surface area contributed by atoms with Gasteiger partial charge < -0.3 is 15.0 Å². The topological polar surface area (TPSA) is 58.6 Å². The number of ether oxygens (including phenoxy) is 1. The molecule has 1 atom stereocenters. The number of carbonyl (C=O) groups is 2. The van der Waals surface area contributed by atoms with Crippen LogP contribution in [0.3, 0.4) is 0 Å². The van der Waals surface area contributed by atoms with E-state index in [1.807, 2.05) is 55.5 Å². The van der Waals surface area contributed by atoms with E-state index < -0.39 is 0 Å². The first-order chi connectivity index (χ1) is 12.4. The number of amides is 2. The number of anilines is 1. The van der Waals surface area contributed by atoms with Gasteiger partial charge in [0, 0.05) is 18.9 Å². The van der Waals surface area contributed by atoms with Crippen molar-refractivity contribution in [3.05, 3.63) is 54.1 Å². The molecule has 0 bridgehead atoms. The highest BCUT2D eigenvalue weighted by Gasteiger charge is 2.18. The highest BCUT2D eigenvalue weighted by molar-refractivity contribution is 8.00. The molecule has 1 N–H and O–H groups in total. The molecule has 0 saturated heterocycles. The van der Waals surface area contributed by atoms with E-state index >= 15 is 0 Å². The first-order valence-corrected chi connectivity index (χ1v) is 9.30. The third kappa shape index (κ3) is 5.26. The summed E-state index contributed by atoms with van der Waals surface area (Å²) in [4.78, 5) is 26.5. The van der Waals surface area contributed by atoms with Crippen LogP contribution in [0.5, 0.6) is 5.75 Å². The van der Waals surface area contributed by atoms with Gasteiger partial charge in [0.15, 0.2) is 0 Å². The van der Waals surface area contributed by atoms with Crippen molar-refractivity contribution >= 4 is 29.3 Å². The monoisotopic (exact) mass is 372 g/mol. The number of rotatable bonds is 7. The molecule has 0 aliphatic carbocycles. The maximum atomic E-state index is 12.6. The van der Waals surface area contributed by atoms with E-state index in [0.29, 0.717) is 5.75 Å². The van der Waals surface area contributed by atoms with Gasteiger partial charge in [-0.3, -0.25) is 9.59 Å². The number of thioether (sulfide) groups is 1. The molecule has 0 saturated carbocycles. The van der Waals surface area contributed by atoms with Crippen LogP contribution >= 0.6 is 11.8 Å². The Morgan fingerprint density at radius 1 is 1.19 bits per heavy atom. The number of nitrogens with zero attached hydrogens (tertiary/aromatic N) is 1. The quantitative estimate of drug-likeness (QED) is 0.747. The van der Waals surface area contributed by atoms with Gasteiger partial charge in [-0.1, -0.05) is 24.3 Å². The summed E-state index contributed by atoms with van der Waals surface area (Å²) >= 11 is 1.42. The molecule has 2 amide bonds. The molecule has 2 rings (SSSR count). The summed E-state index contributed by atoms with van der Waals surface area (Å²) in [5, 5.41) is 2.79. The van der Waals surface area contributed by atoms with E-state index in [4.69, 9.17) is 4.74 Å². The van der Waals surface area contributed by atoms with Crippen molar-refractivity contribution in [2.45, 2.75) is 24.8 Å². The standard InChI is InChI=1S/C20H24N2O3S/c1-14(16-8-7-9-17(12-16)25-4)22(3)20(24)13-26-19-11-6-5-10-18(19)21-15(2)23/h5-12,14H,13H2,1-4H3,(H,21,23). The first kappa shape index (κ1) is 19.8. The van der Waals surface area contributed by atoms with E-state index in [1.54, 1.807) is 19.1 Å². The molecule has 138 valence electrons. The van der Waals surface area contributed by atoms with Crippen molar-refractivity contribution in [1.82, 2.24) is 4.90 Å². The van der Waals surface area contributed by atoms with Crippen molar-refractivity contribution in [1.29, 1.82) is 0 Å². The lowest BCUT2D eigenvalue weighted by Gasteiger charge is -2.25. The Morgan fingerprint density at radius 2 is 1.92 bits per heavy atom. The summed E-state index contributed by atoms with van der Waals surface area (Å²) in [5.74, 6) is 0.950. The zero-order valence-electron chi connectivity index (χ0n) is 15.5. The molecule has 2 aromatic carbocycles. The summed E-state index contributed by atoms with van der Waals surface area (Å²) in [7, 11) is 3.43. The van der Waals surface area contributed by atoms with Gasteiger partial charge in [-0.2, -0.15) is 0 Å². The Hall–Kier alpha value is -2.47. The number of para-hydroxylation sites is 1. The van der Waals surface area contributed by atoms with E-state index in [-0.39, 0.29) is 17.9 Å². The molecular weight excluding hydrogens is 348 g/mol. The Kier molecular flexibility index (Phi) is 7.09. The maximum absolute atomic E-state index is 12.6. The molecule has 0 aliphatic rings. The zero-order valence-corrected chi connectivity index (χ0v) is 16.3. The summed E-state index contributed by atoms with van der Waals surface area (Å²) in [6, 6.07) is 15.1. The fourth-order valence-corrected chi connectivity index (χ4v) is 3.40. The van der Waals surface area contributed by atoms with Crippen molar-refractivity contribution in [3.8, 4) is 5.75 Å². The second-order valence-electron chi connectivity index (χ2n) is 5.92. The molecule has 0 radical (unpaired) electrons. The molecule has 0 spiro atoms. The van der Waals surface area contributed by atoms with Gasteiger partial charge in [-0.15, -0.1) is 11.8 Å². The lowest BCUT2D eigenvalue weighted by atomic mass is 10.1. The molecule has 1 unspecified atom stereocenters. The Morgan fingerprint density at radius 3 is 2.62 bits per heavy atom. The Balaban J connectivity index is 2.02. The van der Waals surface area contributed by atoms with Crippen LogP contribution in [-0.2, 0) is 9.59 Å². The van der Waals surface area contributed by atoms with Gasteiger partial charge in [-0.05, 0) is 36.8 Å². The van der Waals surface area contributed by atoms with Crippen molar-refractivity contribution in [2.75, 3.05) is 25.2 Å². The molecule has 0 aliphatic heterocycles. The highest BCUT2D eigenvalue weighted by atomic mass is 32.2. The number of hydrogen-bond donors (Lipinski definition) is 1. The second-order valence-corrected chi connectivity index (χ2v) is 6.94. The van der Waals surface area contributed by atoms with Gasteiger partial charge in [0.2, 0.25) is 11.8 Å². The van der Waals surface area contributed by atoms with Gasteiger partial charge in [0.25, 0.3) is 0 Å². The van der Waals surface area contributed by atoms with E-state index in [1.165, 1.54) is 18.7 Å². The molecule has 2 aromatic rings. The SMILES string of the molecule is COc1cccc(C(C)N(C)C(=O)CSc2ccccc2NC(C)=O)c1. The van der Waals surface area contributed by atoms with Crippen LogP contribution in [0.15, 0.2) is 53.4 Å². The van der Waals surface area contributed by atoms with Crippen LogP contribution in [0.4, 0.5) is 5.69 Å². The number of hydrogen-bond acceptors (Lipinski definition) is 4. The average Bonchev–Trinajstić information content (AvgIpc) is 2.65. The minimum Gasteiger partial charge on any atom is -0.497 e. The summed E-state index contributed by atoms with van der Waals surface area (Å²) in [5.41, 5.74) is 1.74. The van der Waals surface area contributed by atoms with Gasteiger partial charge in [0.1, 0.15) is 5.75 Å². The van der Waals surface area contributed by atoms with Crippen LogP contribution in [0.1, 0.15) is 25.5 Å². The average molecular weight is 372 g/mol. The fourth-order valence-electron chi connectivity index (χ4n) is 2.47. The molecule has 0 heterocycles. The molecule has 0 aromatic heterocycles. The Labute approximate surface area is 158 Å². The number of nitrogens with one attached hydrogen (secondary N) is 1. The number of benzene rings is 2. The van der Waals surface area contributed by atoms with Crippen LogP contribution in [-0.4, -0.2) is 36.6 Å². The Bertz CT molecular complexity index is 779. The summed E-state index contributed by atoms with van der Waals surface area (Å²) in [6.07, 6.45) is 0. The summed E-state index contributed by atoms with van der Waals surface area (Å²) in [6.45, 7) is 3.46. The van der Waals surface area contributed by atoms with Crippen LogP contribution < -0.4 is 10.1 Å². The minimum atomic E-state index is -0.131. The smallest absolute Gasteiger partial charge is 0.233 e. The second kappa shape index (κ2) is 9.29. The first-order valence-electron chi connectivity index (χ1n) is 8.31. The number of methoxy groups -OCH3 is 1. The maximum Gasteiger partial charge on any atom is 0.233 e. The van der Waals surface area contributed by atoms with E-state index in [0.717, 1.165) is 21.9 Å². The lowest BCUT2D eigenvalue weighted by Crippen LogP contribution is -2.31. The van der Waals surface area contributed by atoms with E-state index in [9.17, 15) is 9.59 Å². The third-order valence-corrected chi connectivity index (χ3v) is 5.16. The van der Waals surface area contributed by atoms with Crippen LogP contribution in [0, 0.1) is 0 Å². The van der Waals surface area contributed by atoms with Crippen LogP contribution in [0.2, 0.25) is 0 Å². The van der Waals surface area contributed by atoms with E-state index in [2.05, 4.69) is 5.32 Å². The molecular formula is C20H24N2O3S. The van der Waals surface area contributed by atoms with Crippen molar-refractivity contribution in [2.24, 2.45) is 0 Å². The molecule has 26 heavy (non-hydrogen) atoms. The number of carbonyl (C=O) groups excluding carboxylic acids is 2. The molecule has 6 heteroatoms. The lowest BCUT2D eigenvalue weighted by molar-refractivity contribution is -0.129. The van der Waals surface area contributed by atoms with Gasteiger partial charge >= 0.3 is 0 Å². The molecule has 0 fully saturated rings. The predicted molar refractivity (Wildman–Crippen MR) is 106 cm³/mol. The fraction of sp³-hybridized carbons (Fsp3) is 0.300. The largest absolute Gasteiger partial charge is 0.497 e. The van der Waals surface area contributed by atoms with Gasteiger partial charge in [-0.25, -0.2) is 0 Å². The zero-order chi connectivity index (χ0) is 19.1. The molecule has 5 nitrogen and oxygen atoms in total.